The minimum Gasteiger partial charge on any atom is -0.405 e. The third kappa shape index (κ3) is 4.56. The molecule has 0 aliphatic carbocycles. The Bertz CT molecular complexity index is 226. The van der Waals surface area contributed by atoms with Crippen molar-refractivity contribution in [1.82, 2.24) is 0 Å². The highest BCUT2D eigenvalue weighted by Crippen LogP contribution is 2.26. The third-order valence-corrected chi connectivity index (χ3v) is 2.04. The predicted octanol–water partition coefficient (Wildman–Crippen LogP) is 3.40. The summed E-state index contributed by atoms with van der Waals surface area (Å²) in [6, 6.07) is 0. The molecule has 0 saturated carbocycles. The van der Waals surface area contributed by atoms with Crippen molar-refractivity contribution in [2.24, 2.45) is 11.1 Å². The third-order valence-electron chi connectivity index (χ3n) is 2.04. The first-order valence-electron chi connectivity index (χ1n) is 4.70. The summed E-state index contributed by atoms with van der Waals surface area (Å²) in [5.41, 5.74) is 7.85. The van der Waals surface area contributed by atoms with Crippen molar-refractivity contribution >= 4 is 0 Å². The van der Waals surface area contributed by atoms with Crippen molar-refractivity contribution in [2.75, 3.05) is 0 Å². The highest BCUT2D eigenvalue weighted by atomic mass is 14.5. The summed E-state index contributed by atoms with van der Waals surface area (Å²) in [6.07, 6.45) is 6.61. The molecule has 0 amide bonds. The lowest BCUT2D eigenvalue weighted by molar-refractivity contribution is 0.518. The Kier molecular flexibility index (Phi) is 4.53. The highest BCUT2D eigenvalue weighted by molar-refractivity contribution is 5.30. The van der Waals surface area contributed by atoms with E-state index in [9.17, 15) is 0 Å². The van der Waals surface area contributed by atoms with E-state index in [1.807, 2.05) is 6.08 Å². The van der Waals surface area contributed by atoms with E-state index in [0.29, 0.717) is 0 Å². The van der Waals surface area contributed by atoms with Gasteiger partial charge in [0.1, 0.15) is 0 Å². The fourth-order valence-corrected chi connectivity index (χ4v) is 0.832. The number of allylic oxidation sites excluding steroid dienone is 4. The van der Waals surface area contributed by atoms with E-state index < -0.39 is 0 Å². The van der Waals surface area contributed by atoms with Crippen molar-refractivity contribution in [3.63, 3.8) is 0 Å². The quantitative estimate of drug-likeness (QED) is 0.660. The van der Waals surface area contributed by atoms with Crippen molar-refractivity contribution in [2.45, 2.75) is 34.1 Å². The topological polar surface area (TPSA) is 26.0 Å². The van der Waals surface area contributed by atoms with Crippen LogP contribution in [-0.2, 0) is 0 Å². The number of hydrogen-bond donors (Lipinski definition) is 1. The second-order valence-electron chi connectivity index (χ2n) is 4.21. The van der Waals surface area contributed by atoms with E-state index in [1.54, 1.807) is 6.20 Å². The van der Waals surface area contributed by atoms with Crippen molar-refractivity contribution in [1.29, 1.82) is 0 Å². The molecule has 0 aliphatic heterocycles. The van der Waals surface area contributed by atoms with E-state index in [1.165, 1.54) is 5.57 Å². The summed E-state index contributed by atoms with van der Waals surface area (Å²) in [5, 5.41) is 0. The largest absolute Gasteiger partial charge is 0.405 e. The first-order chi connectivity index (χ1) is 5.91. The van der Waals surface area contributed by atoms with Crippen LogP contribution in [0, 0.1) is 5.41 Å². The Hall–Kier alpha value is -0.980. The maximum Gasteiger partial charge on any atom is -0.00596 e. The van der Waals surface area contributed by atoms with Crippen LogP contribution in [0.25, 0.3) is 0 Å². The summed E-state index contributed by atoms with van der Waals surface area (Å²) >= 11 is 0. The van der Waals surface area contributed by atoms with Crippen LogP contribution in [0.15, 0.2) is 36.1 Å². The predicted molar refractivity (Wildman–Crippen MR) is 60.3 cm³/mol. The van der Waals surface area contributed by atoms with Crippen LogP contribution in [0.2, 0.25) is 0 Å². The Balaban J connectivity index is 4.62. The van der Waals surface area contributed by atoms with Crippen molar-refractivity contribution in [3.8, 4) is 0 Å². The summed E-state index contributed by atoms with van der Waals surface area (Å²) < 4.78 is 0. The van der Waals surface area contributed by atoms with Crippen molar-refractivity contribution < 1.29 is 0 Å². The Morgan fingerprint density at radius 2 is 1.92 bits per heavy atom. The van der Waals surface area contributed by atoms with E-state index in [2.05, 4.69) is 40.3 Å². The summed E-state index contributed by atoms with van der Waals surface area (Å²) in [4.78, 5) is 0. The van der Waals surface area contributed by atoms with Gasteiger partial charge in [0.15, 0.2) is 0 Å². The minimum absolute atomic E-state index is 0.142. The van der Waals surface area contributed by atoms with E-state index in [4.69, 9.17) is 5.73 Å². The lowest BCUT2D eigenvalue weighted by Crippen LogP contribution is -2.06. The maximum atomic E-state index is 5.34. The molecule has 0 bridgehead atoms. The van der Waals surface area contributed by atoms with Crippen LogP contribution >= 0.6 is 0 Å². The van der Waals surface area contributed by atoms with Crippen LogP contribution < -0.4 is 5.73 Å². The molecule has 0 heterocycles. The van der Waals surface area contributed by atoms with E-state index in [-0.39, 0.29) is 5.41 Å². The molecule has 13 heavy (non-hydrogen) atoms. The highest BCUT2D eigenvalue weighted by Gasteiger charge is 2.12. The van der Waals surface area contributed by atoms with Gasteiger partial charge in [-0.05, 0) is 35.3 Å². The first kappa shape index (κ1) is 12.0. The Morgan fingerprint density at radius 1 is 1.38 bits per heavy atom. The van der Waals surface area contributed by atoms with Gasteiger partial charge in [-0.1, -0.05) is 40.3 Å². The molecule has 0 fully saturated rings. The van der Waals surface area contributed by atoms with E-state index in [0.717, 1.165) is 12.0 Å². The second kappa shape index (κ2) is 4.90. The van der Waals surface area contributed by atoms with Gasteiger partial charge in [0.25, 0.3) is 0 Å². The van der Waals surface area contributed by atoms with Gasteiger partial charge >= 0.3 is 0 Å². The molecule has 74 valence electrons. The molecule has 0 rings (SSSR count). The average Bonchev–Trinajstić information content (AvgIpc) is 2.01. The number of rotatable bonds is 3. The molecular weight excluding hydrogens is 158 g/mol. The van der Waals surface area contributed by atoms with Gasteiger partial charge in [0.2, 0.25) is 0 Å². The maximum absolute atomic E-state index is 5.34. The molecular formula is C12H21N. The van der Waals surface area contributed by atoms with Crippen LogP contribution in [-0.4, -0.2) is 0 Å². The summed E-state index contributed by atoms with van der Waals surface area (Å²) in [6.45, 7) is 12.6. The summed E-state index contributed by atoms with van der Waals surface area (Å²) in [7, 11) is 0. The normalized spacial score (nSPS) is 13.7. The molecule has 0 radical (unpaired) electrons. The molecule has 0 aromatic carbocycles. The first-order valence-corrected chi connectivity index (χ1v) is 4.70. The fourth-order valence-electron chi connectivity index (χ4n) is 0.832. The zero-order valence-electron chi connectivity index (χ0n) is 9.22. The van der Waals surface area contributed by atoms with Crippen LogP contribution in [0.5, 0.6) is 0 Å². The Morgan fingerprint density at radius 3 is 2.23 bits per heavy atom. The van der Waals surface area contributed by atoms with Gasteiger partial charge in [0, 0.05) is 0 Å². The van der Waals surface area contributed by atoms with Gasteiger partial charge in [0.05, 0.1) is 0 Å². The second-order valence-corrected chi connectivity index (χ2v) is 4.21. The van der Waals surface area contributed by atoms with Crippen LogP contribution in [0.4, 0.5) is 0 Å². The SMILES string of the molecule is C=C(/C=C(\C=C/N)CC)C(C)(C)C. The lowest BCUT2D eigenvalue weighted by Gasteiger charge is -2.19. The lowest BCUT2D eigenvalue weighted by atomic mass is 9.86. The van der Waals surface area contributed by atoms with Crippen LogP contribution in [0.3, 0.4) is 0 Å². The number of nitrogens with two attached hydrogens (primary N) is 1. The van der Waals surface area contributed by atoms with Gasteiger partial charge in [-0.25, -0.2) is 0 Å². The smallest absolute Gasteiger partial charge is 0.00596 e. The number of hydrogen-bond acceptors (Lipinski definition) is 1. The zero-order valence-corrected chi connectivity index (χ0v) is 9.22. The molecule has 0 atom stereocenters. The molecule has 0 aromatic rings. The van der Waals surface area contributed by atoms with Gasteiger partial charge < -0.3 is 5.73 Å². The minimum atomic E-state index is 0.142. The monoisotopic (exact) mass is 179 g/mol. The molecule has 2 N–H and O–H groups in total. The van der Waals surface area contributed by atoms with Gasteiger partial charge in [-0.3, -0.25) is 0 Å². The van der Waals surface area contributed by atoms with Crippen molar-refractivity contribution in [3.05, 3.63) is 36.1 Å². The molecule has 0 spiro atoms. The molecule has 1 nitrogen and oxygen atoms in total. The molecule has 0 aliphatic rings. The standard InChI is InChI=1S/C12H21N/c1-6-11(7-8-13)9-10(2)12(3,4)5/h7-9H,2,6,13H2,1,3-5H3/b8-7-,11-9-. The van der Waals surface area contributed by atoms with Crippen LogP contribution in [0.1, 0.15) is 34.1 Å². The van der Waals surface area contributed by atoms with Gasteiger partial charge in [-0.2, -0.15) is 0 Å². The molecule has 1 heteroatoms. The zero-order chi connectivity index (χ0) is 10.5. The van der Waals surface area contributed by atoms with E-state index >= 15 is 0 Å². The molecule has 0 saturated heterocycles. The molecule has 0 unspecified atom stereocenters. The molecule has 0 aromatic heterocycles. The average molecular weight is 179 g/mol. The van der Waals surface area contributed by atoms with Gasteiger partial charge in [-0.15, -0.1) is 0 Å². The fraction of sp³-hybridized carbons (Fsp3) is 0.500. The summed E-state index contributed by atoms with van der Waals surface area (Å²) in [5.74, 6) is 0. The Labute approximate surface area is 82.0 Å².